The Bertz CT molecular complexity index is 443. The summed E-state index contributed by atoms with van der Waals surface area (Å²) < 4.78 is 0. The second-order valence-electron chi connectivity index (χ2n) is 3.11. The van der Waals surface area contributed by atoms with Crippen molar-refractivity contribution in [2.24, 2.45) is 0 Å². The van der Waals surface area contributed by atoms with Crippen molar-refractivity contribution in [2.45, 2.75) is 6.42 Å². The highest BCUT2D eigenvalue weighted by atomic mass is 35.5. The van der Waals surface area contributed by atoms with Crippen LogP contribution in [0.2, 0.25) is 5.02 Å². The van der Waals surface area contributed by atoms with Crippen LogP contribution in [0, 0.1) is 0 Å². The molecule has 0 aliphatic heterocycles. The number of anilines is 1. The molecule has 1 aromatic carbocycles. The lowest BCUT2D eigenvalue weighted by Gasteiger charge is -2.07. The van der Waals surface area contributed by atoms with E-state index in [4.69, 9.17) is 16.7 Å². The van der Waals surface area contributed by atoms with E-state index in [9.17, 15) is 9.59 Å². The van der Waals surface area contributed by atoms with Crippen LogP contribution in [0.5, 0.6) is 0 Å². The average Bonchev–Trinajstić information content (AvgIpc) is 2.20. The topological polar surface area (TPSA) is 66.4 Å². The van der Waals surface area contributed by atoms with Crippen LogP contribution in [0.15, 0.2) is 36.4 Å². The Morgan fingerprint density at radius 2 is 2.00 bits per heavy atom. The van der Waals surface area contributed by atoms with Crippen LogP contribution in [-0.4, -0.2) is 17.0 Å². The predicted octanol–water partition coefficient (Wildman–Crippen LogP) is 2.31. The third-order valence-corrected chi connectivity index (χ3v) is 2.14. The Labute approximate surface area is 97.5 Å². The van der Waals surface area contributed by atoms with Gasteiger partial charge >= 0.3 is 5.97 Å². The number of carboxylic acid groups (broad SMARTS) is 1. The molecule has 0 saturated heterocycles. The lowest BCUT2D eigenvalue weighted by atomic mass is 10.2. The normalized spacial score (nSPS) is 9.56. The van der Waals surface area contributed by atoms with Gasteiger partial charge in [-0.1, -0.05) is 30.3 Å². The van der Waals surface area contributed by atoms with Crippen molar-refractivity contribution in [2.75, 3.05) is 5.32 Å². The second-order valence-corrected chi connectivity index (χ2v) is 3.52. The van der Waals surface area contributed by atoms with Crippen molar-refractivity contribution in [1.29, 1.82) is 0 Å². The first kappa shape index (κ1) is 12.3. The molecule has 0 aliphatic rings. The van der Waals surface area contributed by atoms with Crippen LogP contribution in [0.3, 0.4) is 0 Å². The van der Waals surface area contributed by atoms with Crippen molar-refractivity contribution in [3.63, 3.8) is 0 Å². The molecule has 0 unspecified atom stereocenters. The maximum atomic E-state index is 11.5. The fourth-order valence-corrected chi connectivity index (χ4v) is 1.22. The zero-order valence-electron chi connectivity index (χ0n) is 8.37. The average molecular weight is 240 g/mol. The van der Waals surface area contributed by atoms with E-state index >= 15 is 0 Å². The molecule has 16 heavy (non-hydrogen) atoms. The van der Waals surface area contributed by atoms with E-state index in [1.54, 1.807) is 24.3 Å². The summed E-state index contributed by atoms with van der Waals surface area (Å²) in [5.74, 6) is -1.64. The van der Waals surface area contributed by atoms with Gasteiger partial charge in [-0.05, 0) is 12.1 Å². The molecule has 4 nitrogen and oxygen atoms in total. The minimum Gasteiger partial charge on any atom is -0.481 e. The molecule has 0 radical (unpaired) electrons. The van der Waals surface area contributed by atoms with E-state index in [2.05, 4.69) is 11.9 Å². The summed E-state index contributed by atoms with van der Waals surface area (Å²) in [5, 5.41) is 11.4. The van der Waals surface area contributed by atoms with Crippen LogP contribution in [0.4, 0.5) is 5.69 Å². The zero-order valence-corrected chi connectivity index (χ0v) is 9.12. The van der Waals surface area contributed by atoms with Crippen LogP contribution in [-0.2, 0) is 9.59 Å². The number of benzene rings is 1. The highest BCUT2D eigenvalue weighted by Gasteiger charge is 2.11. The Hall–Kier alpha value is -1.81. The fourth-order valence-electron chi connectivity index (χ4n) is 1.04. The van der Waals surface area contributed by atoms with Gasteiger partial charge in [-0.25, -0.2) is 0 Å². The highest BCUT2D eigenvalue weighted by molar-refractivity contribution is 6.33. The Kier molecular flexibility index (Phi) is 4.08. The summed E-state index contributed by atoms with van der Waals surface area (Å²) in [6.45, 7) is 3.38. The number of halogens is 1. The van der Waals surface area contributed by atoms with Crippen molar-refractivity contribution < 1.29 is 14.7 Å². The third-order valence-electron chi connectivity index (χ3n) is 1.81. The van der Waals surface area contributed by atoms with Gasteiger partial charge < -0.3 is 10.4 Å². The number of aliphatic carboxylic acids is 1. The van der Waals surface area contributed by atoms with Crippen LogP contribution < -0.4 is 5.32 Å². The van der Waals surface area contributed by atoms with Crippen LogP contribution in [0.1, 0.15) is 6.42 Å². The van der Waals surface area contributed by atoms with Gasteiger partial charge in [-0.3, -0.25) is 9.59 Å². The molecule has 0 aromatic heterocycles. The van der Waals surface area contributed by atoms with Gasteiger partial charge in [0, 0.05) is 5.57 Å². The highest BCUT2D eigenvalue weighted by Crippen LogP contribution is 2.21. The third kappa shape index (κ3) is 3.40. The molecule has 0 spiro atoms. The zero-order chi connectivity index (χ0) is 12.1. The van der Waals surface area contributed by atoms with E-state index in [-0.39, 0.29) is 5.57 Å². The molecule has 0 heterocycles. The van der Waals surface area contributed by atoms with Crippen molar-refractivity contribution in [1.82, 2.24) is 0 Å². The minimum atomic E-state index is -1.10. The molecule has 0 saturated carbocycles. The number of hydrogen-bond donors (Lipinski definition) is 2. The van der Waals surface area contributed by atoms with Crippen LogP contribution >= 0.6 is 11.6 Å². The number of amides is 1. The van der Waals surface area contributed by atoms with Gasteiger partial charge in [0.25, 0.3) is 5.91 Å². The monoisotopic (exact) mass is 239 g/mol. The van der Waals surface area contributed by atoms with Gasteiger partial charge in [0.1, 0.15) is 0 Å². The molecule has 84 valence electrons. The number of rotatable bonds is 4. The smallest absolute Gasteiger partial charge is 0.308 e. The first-order chi connectivity index (χ1) is 7.50. The molecule has 0 atom stereocenters. The van der Waals surface area contributed by atoms with E-state index < -0.39 is 18.3 Å². The first-order valence-electron chi connectivity index (χ1n) is 4.46. The standard InChI is InChI=1S/C11H10ClNO3/c1-7(6-10(14)15)11(16)13-9-5-3-2-4-8(9)12/h2-5H,1,6H2,(H,13,16)(H,14,15). The summed E-state index contributed by atoms with van der Waals surface area (Å²) in [6.07, 6.45) is -0.393. The van der Waals surface area contributed by atoms with Gasteiger partial charge in [0.2, 0.25) is 0 Å². The molecular weight excluding hydrogens is 230 g/mol. The molecule has 0 aliphatic carbocycles. The van der Waals surface area contributed by atoms with Gasteiger partial charge in [-0.2, -0.15) is 0 Å². The van der Waals surface area contributed by atoms with Crippen molar-refractivity contribution in [3.8, 4) is 0 Å². The van der Waals surface area contributed by atoms with Crippen molar-refractivity contribution >= 4 is 29.2 Å². The number of carbonyl (C=O) groups excluding carboxylic acids is 1. The van der Waals surface area contributed by atoms with E-state index in [1.165, 1.54) is 0 Å². The number of hydrogen-bond acceptors (Lipinski definition) is 2. The summed E-state index contributed by atoms with van der Waals surface area (Å²) in [7, 11) is 0. The van der Waals surface area contributed by atoms with E-state index in [0.29, 0.717) is 10.7 Å². The number of carbonyl (C=O) groups is 2. The molecule has 0 bridgehead atoms. The molecule has 0 fully saturated rings. The number of carboxylic acids is 1. The quantitative estimate of drug-likeness (QED) is 0.793. The molecular formula is C11H10ClNO3. The van der Waals surface area contributed by atoms with Gasteiger partial charge in [0.05, 0.1) is 17.1 Å². The minimum absolute atomic E-state index is 0.0209. The van der Waals surface area contributed by atoms with Crippen LogP contribution in [0.25, 0.3) is 0 Å². The maximum Gasteiger partial charge on any atom is 0.308 e. The molecule has 1 aromatic rings. The SMILES string of the molecule is C=C(CC(=O)O)C(=O)Nc1ccccc1Cl. The summed E-state index contributed by atoms with van der Waals surface area (Å²) >= 11 is 5.82. The largest absolute Gasteiger partial charge is 0.481 e. The molecule has 1 rings (SSSR count). The lowest BCUT2D eigenvalue weighted by Crippen LogP contribution is -2.16. The molecule has 2 N–H and O–H groups in total. The summed E-state index contributed by atoms with van der Waals surface area (Å²) in [4.78, 5) is 21.8. The van der Waals surface area contributed by atoms with E-state index in [0.717, 1.165) is 0 Å². The predicted molar refractivity (Wildman–Crippen MR) is 61.5 cm³/mol. The van der Waals surface area contributed by atoms with Gasteiger partial charge in [-0.15, -0.1) is 0 Å². The van der Waals surface area contributed by atoms with Gasteiger partial charge in [0.15, 0.2) is 0 Å². The number of nitrogens with one attached hydrogen (secondary N) is 1. The Balaban J connectivity index is 2.68. The Morgan fingerprint density at radius 3 is 2.56 bits per heavy atom. The van der Waals surface area contributed by atoms with Crippen molar-refractivity contribution in [3.05, 3.63) is 41.4 Å². The summed E-state index contributed by atoms with van der Waals surface area (Å²) in [5.41, 5.74) is 0.410. The second kappa shape index (κ2) is 5.32. The summed E-state index contributed by atoms with van der Waals surface area (Å²) in [6, 6.07) is 6.68. The first-order valence-corrected chi connectivity index (χ1v) is 4.84. The number of para-hydroxylation sites is 1. The molecule has 1 amide bonds. The maximum absolute atomic E-state index is 11.5. The molecule has 5 heteroatoms. The lowest BCUT2D eigenvalue weighted by molar-refractivity contribution is -0.136. The fraction of sp³-hybridized carbons (Fsp3) is 0.0909. The Morgan fingerprint density at radius 1 is 1.38 bits per heavy atom. The van der Waals surface area contributed by atoms with E-state index in [1.807, 2.05) is 0 Å².